The average molecular weight is 658 g/mol. The second kappa shape index (κ2) is 11.6. The van der Waals surface area contributed by atoms with Crippen molar-refractivity contribution in [2.24, 2.45) is 0 Å². The van der Waals surface area contributed by atoms with Crippen molar-refractivity contribution < 1.29 is 4.42 Å². The van der Waals surface area contributed by atoms with Crippen LogP contribution < -0.4 is 0 Å². The summed E-state index contributed by atoms with van der Waals surface area (Å²) in [6.45, 7) is 0. The zero-order valence-corrected chi connectivity index (χ0v) is 27.6. The highest BCUT2D eigenvalue weighted by Gasteiger charge is 2.22. The van der Waals surface area contributed by atoms with Gasteiger partial charge in [-0.1, -0.05) is 133 Å². The van der Waals surface area contributed by atoms with E-state index < -0.39 is 0 Å². The van der Waals surface area contributed by atoms with Crippen LogP contribution in [0.2, 0.25) is 0 Å². The van der Waals surface area contributed by atoms with Crippen molar-refractivity contribution in [1.82, 2.24) is 15.0 Å². The fraction of sp³-hybridized carbons (Fsp3) is 0. The maximum Gasteiger partial charge on any atom is 0.165 e. The molecule has 0 radical (unpaired) electrons. The summed E-state index contributed by atoms with van der Waals surface area (Å²) in [7, 11) is 0. The fourth-order valence-electron chi connectivity index (χ4n) is 7.07. The van der Waals surface area contributed by atoms with E-state index in [1.807, 2.05) is 59.9 Å². The number of para-hydroxylation sites is 1. The molecule has 3 aromatic heterocycles. The van der Waals surface area contributed by atoms with Crippen LogP contribution in [-0.4, -0.2) is 15.0 Å². The number of fused-ring (bicyclic) bond motifs is 6. The van der Waals surface area contributed by atoms with Gasteiger partial charge in [0, 0.05) is 47.6 Å². The van der Waals surface area contributed by atoms with Gasteiger partial charge in [0.25, 0.3) is 0 Å². The first-order valence-corrected chi connectivity index (χ1v) is 17.4. The number of thiophene rings is 1. The van der Waals surface area contributed by atoms with Crippen molar-refractivity contribution in [1.29, 1.82) is 0 Å². The molecule has 0 amide bonds. The predicted molar refractivity (Wildman–Crippen MR) is 207 cm³/mol. The lowest BCUT2D eigenvalue weighted by molar-refractivity contribution is 0.669. The van der Waals surface area contributed by atoms with Crippen LogP contribution in [0.5, 0.6) is 0 Å². The second-order valence-electron chi connectivity index (χ2n) is 12.4. The normalized spacial score (nSPS) is 11.6. The zero-order valence-electron chi connectivity index (χ0n) is 26.7. The minimum absolute atomic E-state index is 0.622. The van der Waals surface area contributed by atoms with Crippen molar-refractivity contribution in [2.45, 2.75) is 0 Å². The van der Waals surface area contributed by atoms with E-state index in [2.05, 4.69) is 115 Å². The van der Waals surface area contributed by atoms with E-state index in [1.54, 1.807) is 0 Å². The van der Waals surface area contributed by atoms with Gasteiger partial charge in [-0.2, -0.15) is 0 Å². The number of furan rings is 1. The molecule has 0 saturated heterocycles. The molecular weight excluding hydrogens is 631 g/mol. The first kappa shape index (κ1) is 28.6. The van der Waals surface area contributed by atoms with E-state index in [1.165, 1.54) is 20.2 Å². The summed E-state index contributed by atoms with van der Waals surface area (Å²) in [5.74, 6) is 1.88. The molecule has 0 bridgehead atoms. The van der Waals surface area contributed by atoms with Gasteiger partial charge in [0.2, 0.25) is 0 Å². The molecule has 0 unspecified atom stereocenters. The Kier molecular flexibility index (Phi) is 6.64. The van der Waals surface area contributed by atoms with E-state index in [-0.39, 0.29) is 0 Å². The molecular formula is C45H27N3OS. The van der Waals surface area contributed by atoms with E-state index in [0.29, 0.717) is 17.5 Å². The SMILES string of the molecule is c1ccc(-c2nc(-c3ccccc3)nc(-c3c(-c4ccc5oc6ccccc6c5c4)cccc3-c3cccc4sc5ccccc5c34)n2)cc1. The Bertz CT molecular complexity index is 2820. The second-order valence-corrected chi connectivity index (χ2v) is 13.4. The lowest BCUT2D eigenvalue weighted by Crippen LogP contribution is -2.02. The van der Waals surface area contributed by atoms with Gasteiger partial charge in [-0.15, -0.1) is 11.3 Å². The molecule has 0 atom stereocenters. The summed E-state index contributed by atoms with van der Waals surface area (Å²) in [4.78, 5) is 15.6. The molecule has 3 heterocycles. The van der Waals surface area contributed by atoms with Crippen LogP contribution in [-0.2, 0) is 0 Å². The van der Waals surface area contributed by atoms with Gasteiger partial charge in [-0.05, 0) is 52.6 Å². The van der Waals surface area contributed by atoms with Gasteiger partial charge in [-0.25, -0.2) is 15.0 Å². The van der Waals surface area contributed by atoms with E-state index in [9.17, 15) is 0 Å². The van der Waals surface area contributed by atoms with Gasteiger partial charge in [-0.3, -0.25) is 0 Å². The molecule has 234 valence electrons. The Balaban J connectivity index is 1.31. The molecule has 50 heavy (non-hydrogen) atoms. The van der Waals surface area contributed by atoms with Crippen LogP contribution in [0.15, 0.2) is 168 Å². The van der Waals surface area contributed by atoms with Crippen LogP contribution in [0, 0.1) is 0 Å². The lowest BCUT2D eigenvalue weighted by Gasteiger charge is -2.17. The fourth-order valence-corrected chi connectivity index (χ4v) is 8.20. The van der Waals surface area contributed by atoms with Gasteiger partial charge in [0.15, 0.2) is 17.5 Å². The first-order chi connectivity index (χ1) is 24.8. The summed E-state index contributed by atoms with van der Waals surface area (Å²) in [5, 5.41) is 4.65. The van der Waals surface area contributed by atoms with Crippen LogP contribution >= 0.6 is 11.3 Å². The largest absolute Gasteiger partial charge is 0.456 e. The highest BCUT2D eigenvalue weighted by Crippen LogP contribution is 2.46. The lowest BCUT2D eigenvalue weighted by atomic mass is 9.89. The van der Waals surface area contributed by atoms with Gasteiger partial charge < -0.3 is 4.42 Å². The van der Waals surface area contributed by atoms with Crippen LogP contribution in [0.25, 0.3) is 98.5 Å². The number of hydrogen-bond donors (Lipinski definition) is 0. The maximum absolute atomic E-state index is 6.23. The Morgan fingerprint density at radius 3 is 1.74 bits per heavy atom. The molecule has 10 aromatic rings. The number of rotatable bonds is 5. The standard InChI is InChI=1S/C45H27N3OS/c1-3-13-28(14-4-1)43-46-44(29-15-5-2-6-16-29)48-45(47-43)42-31(30-25-26-38-36(27-30)32-17-7-9-22-37(32)49-38)19-11-20-34(42)33-21-12-24-40-41(33)35-18-8-10-23-39(35)50-40/h1-27H. The van der Waals surface area contributed by atoms with Crippen molar-refractivity contribution in [2.75, 3.05) is 0 Å². The van der Waals surface area contributed by atoms with Crippen molar-refractivity contribution >= 4 is 53.4 Å². The third kappa shape index (κ3) is 4.71. The quantitative estimate of drug-likeness (QED) is 0.185. The third-order valence-corrected chi connectivity index (χ3v) is 10.5. The van der Waals surface area contributed by atoms with Crippen LogP contribution in [0.4, 0.5) is 0 Å². The molecule has 0 N–H and O–H groups in total. The minimum Gasteiger partial charge on any atom is -0.456 e. The summed E-state index contributed by atoms with van der Waals surface area (Å²) < 4.78 is 8.74. The monoisotopic (exact) mass is 657 g/mol. The van der Waals surface area contributed by atoms with Crippen molar-refractivity contribution in [3.8, 4) is 56.4 Å². The zero-order chi connectivity index (χ0) is 33.0. The number of benzene rings is 7. The van der Waals surface area contributed by atoms with Gasteiger partial charge >= 0.3 is 0 Å². The Hall–Kier alpha value is -6.43. The average Bonchev–Trinajstić information content (AvgIpc) is 3.76. The molecule has 10 rings (SSSR count). The van der Waals surface area contributed by atoms with Crippen LogP contribution in [0.1, 0.15) is 0 Å². The van der Waals surface area contributed by atoms with E-state index in [4.69, 9.17) is 19.4 Å². The maximum atomic E-state index is 6.23. The van der Waals surface area contributed by atoms with Gasteiger partial charge in [0.1, 0.15) is 11.2 Å². The van der Waals surface area contributed by atoms with Crippen molar-refractivity contribution in [3.63, 3.8) is 0 Å². The minimum atomic E-state index is 0.622. The van der Waals surface area contributed by atoms with E-state index in [0.717, 1.165) is 60.9 Å². The molecule has 0 aliphatic carbocycles. The predicted octanol–water partition coefficient (Wildman–Crippen LogP) is 12.5. The first-order valence-electron chi connectivity index (χ1n) is 16.6. The van der Waals surface area contributed by atoms with Crippen molar-refractivity contribution in [3.05, 3.63) is 164 Å². The molecule has 7 aromatic carbocycles. The summed E-state index contributed by atoms with van der Waals surface area (Å²) in [6.07, 6.45) is 0. The molecule has 0 spiro atoms. The molecule has 0 saturated carbocycles. The van der Waals surface area contributed by atoms with Crippen LogP contribution in [0.3, 0.4) is 0 Å². The highest BCUT2D eigenvalue weighted by molar-refractivity contribution is 7.25. The molecule has 0 aliphatic rings. The molecule has 0 fully saturated rings. The molecule has 4 nitrogen and oxygen atoms in total. The summed E-state index contributed by atoms with van der Waals surface area (Å²) in [6, 6.07) is 56.8. The Morgan fingerprint density at radius 1 is 0.380 bits per heavy atom. The Labute approximate surface area is 292 Å². The summed E-state index contributed by atoms with van der Waals surface area (Å²) in [5.41, 5.74) is 8.88. The smallest absolute Gasteiger partial charge is 0.165 e. The number of nitrogens with zero attached hydrogens (tertiary/aromatic N) is 3. The Morgan fingerprint density at radius 2 is 0.960 bits per heavy atom. The topological polar surface area (TPSA) is 51.8 Å². The molecule has 5 heteroatoms. The number of aromatic nitrogens is 3. The summed E-state index contributed by atoms with van der Waals surface area (Å²) >= 11 is 1.82. The van der Waals surface area contributed by atoms with Gasteiger partial charge in [0.05, 0.1) is 0 Å². The number of hydrogen-bond acceptors (Lipinski definition) is 5. The molecule has 0 aliphatic heterocycles. The van der Waals surface area contributed by atoms with E-state index >= 15 is 0 Å². The third-order valence-electron chi connectivity index (χ3n) is 9.37. The highest BCUT2D eigenvalue weighted by atomic mass is 32.1.